The molecule has 2 aliphatic heterocycles. The number of phenolic OH excluding ortho intramolecular Hbond substituents is 2. The normalized spacial score (nSPS) is 19.0. The molecule has 0 saturated heterocycles. The molecule has 2 aliphatic rings. The summed E-state index contributed by atoms with van der Waals surface area (Å²) in [5.74, 6) is -0.808. The Bertz CT molecular complexity index is 798. The van der Waals surface area contributed by atoms with Crippen LogP contribution in [0.25, 0.3) is 0 Å². The van der Waals surface area contributed by atoms with Crippen molar-refractivity contribution in [3.63, 3.8) is 0 Å². The van der Waals surface area contributed by atoms with Gasteiger partial charge in [0.1, 0.15) is 0 Å². The number of hydrogen-bond acceptors (Lipinski definition) is 4. The zero-order valence-corrected chi connectivity index (χ0v) is 11.0. The average Bonchev–Trinajstić information content (AvgIpc) is 2.80. The Kier molecular flexibility index (Phi) is 2.33. The van der Waals surface area contributed by atoms with Gasteiger partial charge in [-0.2, -0.15) is 0 Å². The first kappa shape index (κ1) is 12.0. The second kappa shape index (κ2) is 4.09. The number of carbonyl (C=O) groups excluding carboxylic acids is 1. The molecule has 0 radical (unpaired) electrons. The van der Waals surface area contributed by atoms with E-state index in [-0.39, 0.29) is 23.4 Å². The van der Waals surface area contributed by atoms with Gasteiger partial charge in [0.25, 0.3) is 5.91 Å². The number of carbonyl (C=O) groups is 1. The van der Waals surface area contributed by atoms with Crippen LogP contribution in [0.1, 0.15) is 15.9 Å². The monoisotopic (exact) mass is 280 g/mol. The zero-order valence-electron chi connectivity index (χ0n) is 11.0. The number of benzene rings is 2. The number of amides is 1. The van der Waals surface area contributed by atoms with Crippen LogP contribution in [0, 0.1) is 0 Å². The minimum Gasteiger partial charge on any atom is -0.504 e. The first-order valence-corrected chi connectivity index (χ1v) is 6.67. The van der Waals surface area contributed by atoms with Crippen molar-refractivity contribution in [3.05, 3.63) is 47.5 Å². The molecule has 2 heterocycles. The molecule has 21 heavy (non-hydrogen) atoms. The predicted molar refractivity (Wildman–Crippen MR) is 78.7 cm³/mol. The third-order valence-corrected chi connectivity index (χ3v) is 3.94. The van der Waals surface area contributed by atoms with E-state index in [9.17, 15) is 15.0 Å². The predicted octanol–water partition coefficient (Wildman–Crippen LogP) is 2.39. The van der Waals surface area contributed by atoms with Crippen molar-refractivity contribution in [2.45, 2.75) is 12.5 Å². The van der Waals surface area contributed by atoms with Crippen molar-refractivity contribution in [3.8, 4) is 11.5 Å². The molecule has 1 atom stereocenters. The van der Waals surface area contributed by atoms with Crippen molar-refractivity contribution in [1.29, 1.82) is 0 Å². The minimum atomic E-state index is -0.316. The van der Waals surface area contributed by atoms with Gasteiger partial charge in [-0.25, -0.2) is 0 Å². The maximum Gasteiger partial charge on any atom is 0.261 e. The third kappa shape index (κ3) is 1.64. The third-order valence-electron chi connectivity index (χ3n) is 3.94. The SMILES string of the molecule is O=C1c2cc(O)c(O)cc2N=C[C@@H]2Cc3ccccc3N12. The minimum absolute atomic E-state index is 0.133. The molecule has 0 aliphatic carbocycles. The summed E-state index contributed by atoms with van der Waals surface area (Å²) in [5, 5.41) is 19.2. The number of aromatic hydroxyl groups is 2. The standard InChI is InChI=1S/C16H12N2O3/c19-14-6-11-12(7-15(14)20)17-8-10-5-9-3-1-2-4-13(9)18(10)16(11)21/h1-4,6-8,10,19-20H,5H2/t10-/m0/s1. The maximum atomic E-state index is 12.8. The van der Waals surface area contributed by atoms with Crippen LogP contribution in [0.2, 0.25) is 0 Å². The van der Waals surface area contributed by atoms with E-state index in [1.807, 2.05) is 24.3 Å². The summed E-state index contributed by atoms with van der Waals surface area (Å²) in [7, 11) is 0. The van der Waals surface area contributed by atoms with Crippen molar-refractivity contribution in [2.75, 3.05) is 4.90 Å². The van der Waals surface area contributed by atoms with E-state index in [0.717, 1.165) is 17.7 Å². The number of para-hydroxylation sites is 1. The second-order valence-corrected chi connectivity index (χ2v) is 5.21. The summed E-state index contributed by atoms with van der Waals surface area (Å²) in [6, 6.07) is 10.2. The van der Waals surface area contributed by atoms with Gasteiger partial charge in [-0.3, -0.25) is 14.7 Å². The molecule has 2 N–H and O–H groups in total. The lowest BCUT2D eigenvalue weighted by Crippen LogP contribution is -2.37. The summed E-state index contributed by atoms with van der Waals surface area (Å²) in [6.07, 6.45) is 2.44. The number of phenols is 2. The summed E-state index contributed by atoms with van der Waals surface area (Å²) in [6.45, 7) is 0. The molecule has 1 amide bonds. The van der Waals surface area contributed by atoms with Gasteiger partial charge in [0, 0.05) is 24.4 Å². The van der Waals surface area contributed by atoms with Gasteiger partial charge >= 0.3 is 0 Å². The Morgan fingerprint density at radius 1 is 1.14 bits per heavy atom. The Balaban J connectivity index is 1.90. The van der Waals surface area contributed by atoms with Crippen LogP contribution in [-0.2, 0) is 6.42 Å². The second-order valence-electron chi connectivity index (χ2n) is 5.21. The van der Waals surface area contributed by atoms with Gasteiger partial charge in [-0.1, -0.05) is 18.2 Å². The van der Waals surface area contributed by atoms with E-state index in [4.69, 9.17) is 0 Å². The van der Waals surface area contributed by atoms with Crippen LogP contribution in [0.5, 0.6) is 11.5 Å². The van der Waals surface area contributed by atoms with Crippen LogP contribution in [0.3, 0.4) is 0 Å². The van der Waals surface area contributed by atoms with E-state index in [1.165, 1.54) is 12.1 Å². The molecule has 0 unspecified atom stereocenters. The topological polar surface area (TPSA) is 73.1 Å². The van der Waals surface area contributed by atoms with Crippen LogP contribution in [0.15, 0.2) is 41.4 Å². The highest BCUT2D eigenvalue weighted by atomic mass is 16.3. The summed E-state index contributed by atoms with van der Waals surface area (Å²) < 4.78 is 0. The van der Waals surface area contributed by atoms with Crippen LogP contribution < -0.4 is 4.90 Å². The fraction of sp³-hybridized carbons (Fsp3) is 0.125. The number of hydrogen-bond donors (Lipinski definition) is 2. The first-order chi connectivity index (χ1) is 10.1. The molecule has 104 valence electrons. The molecule has 0 bridgehead atoms. The highest BCUT2D eigenvalue weighted by Gasteiger charge is 2.36. The van der Waals surface area contributed by atoms with Crippen molar-refractivity contribution in [1.82, 2.24) is 0 Å². The lowest BCUT2D eigenvalue weighted by Gasteiger charge is -2.21. The molecule has 0 fully saturated rings. The van der Waals surface area contributed by atoms with Gasteiger partial charge in [-0.15, -0.1) is 0 Å². The summed E-state index contributed by atoms with van der Waals surface area (Å²) in [5.41, 5.74) is 2.65. The van der Waals surface area contributed by atoms with Crippen molar-refractivity contribution >= 4 is 23.5 Å². The fourth-order valence-electron chi connectivity index (χ4n) is 2.93. The molecule has 2 aromatic carbocycles. The van der Waals surface area contributed by atoms with E-state index in [1.54, 1.807) is 11.1 Å². The lowest BCUT2D eigenvalue weighted by molar-refractivity contribution is 0.0986. The largest absolute Gasteiger partial charge is 0.504 e. The molecule has 2 aromatic rings. The molecule has 0 spiro atoms. The molecule has 4 rings (SSSR count). The number of fused-ring (bicyclic) bond motifs is 4. The van der Waals surface area contributed by atoms with Crippen LogP contribution in [-0.4, -0.2) is 28.4 Å². The average molecular weight is 280 g/mol. The van der Waals surface area contributed by atoms with Gasteiger partial charge in [-0.05, 0) is 17.7 Å². The fourth-order valence-corrected chi connectivity index (χ4v) is 2.93. The molecular formula is C16H12N2O3. The van der Waals surface area contributed by atoms with E-state index >= 15 is 0 Å². The Morgan fingerprint density at radius 3 is 2.76 bits per heavy atom. The van der Waals surface area contributed by atoms with E-state index in [0.29, 0.717) is 11.3 Å². The smallest absolute Gasteiger partial charge is 0.261 e. The highest BCUT2D eigenvalue weighted by Crippen LogP contribution is 2.39. The number of rotatable bonds is 0. The molecule has 0 saturated carbocycles. The number of anilines is 1. The molecule has 5 nitrogen and oxygen atoms in total. The molecule has 5 heteroatoms. The van der Waals surface area contributed by atoms with Crippen LogP contribution >= 0.6 is 0 Å². The van der Waals surface area contributed by atoms with E-state index in [2.05, 4.69) is 4.99 Å². The quantitative estimate of drug-likeness (QED) is 0.728. The van der Waals surface area contributed by atoms with Gasteiger partial charge in [0.15, 0.2) is 11.5 Å². The Hall–Kier alpha value is -2.82. The maximum absolute atomic E-state index is 12.8. The van der Waals surface area contributed by atoms with Crippen LogP contribution in [0.4, 0.5) is 11.4 Å². The molecular weight excluding hydrogens is 268 g/mol. The van der Waals surface area contributed by atoms with Crippen molar-refractivity contribution in [2.24, 2.45) is 4.99 Å². The van der Waals surface area contributed by atoms with Crippen molar-refractivity contribution < 1.29 is 15.0 Å². The summed E-state index contributed by atoms with van der Waals surface area (Å²) >= 11 is 0. The highest BCUT2D eigenvalue weighted by molar-refractivity contribution is 6.14. The summed E-state index contributed by atoms with van der Waals surface area (Å²) in [4.78, 5) is 18.8. The number of nitrogens with zero attached hydrogens (tertiary/aromatic N) is 2. The Labute approximate surface area is 120 Å². The lowest BCUT2D eigenvalue weighted by atomic mass is 10.1. The number of aliphatic imine (C=N–C) groups is 1. The van der Waals surface area contributed by atoms with Gasteiger partial charge in [0.2, 0.25) is 0 Å². The Morgan fingerprint density at radius 2 is 1.90 bits per heavy atom. The first-order valence-electron chi connectivity index (χ1n) is 6.67. The molecule has 0 aromatic heterocycles. The zero-order chi connectivity index (χ0) is 14.6. The van der Waals surface area contributed by atoms with E-state index < -0.39 is 0 Å². The van der Waals surface area contributed by atoms with Gasteiger partial charge < -0.3 is 10.2 Å². The van der Waals surface area contributed by atoms with Gasteiger partial charge in [0.05, 0.1) is 17.3 Å².